The third kappa shape index (κ3) is 3.34. The van der Waals surface area contributed by atoms with E-state index in [0.29, 0.717) is 12.5 Å². The molecule has 0 amide bonds. The molecule has 1 N–H and O–H groups in total. The molecule has 3 aromatic heterocycles. The first-order chi connectivity index (χ1) is 12.7. The van der Waals surface area contributed by atoms with E-state index < -0.39 is 0 Å². The van der Waals surface area contributed by atoms with E-state index in [4.69, 9.17) is 4.98 Å². The molecule has 0 spiro atoms. The molecule has 0 atom stereocenters. The van der Waals surface area contributed by atoms with Crippen LogP contribution in [-0.4, -0.2) is 19.7 Å². The van der Waals surface area contributed by atoms with E-state index >= 15 is 0 Å². The summed E-state index contributed by atoms with van der Waals surface area (Å²) in [7, 11) is 1.88. The van der Waals surface area contributed by atoms with Crippen molar-refractivity contribution in [3.63, 3.8) is 0 Å². The highest BCUT2D eigenvalue weighted by Gasteiger charge is 2.14. The standard InChI is InChI=1S/C19H16FN5S/c1-25-17(5-7-23-25)18-16(14-6-8-26-12-14)11-22-19(24-18)21-10-13-3-2-4-15(20)9-13/h2-9,11-12H,10H2,1H3,(H,21,22,24). The van der Waals surface area contributed by atoms with E-state index in [1.165, 1.54) is 12.1 Å². The summed E-state index contributed by atoms with van der Waals surface area (Å²) in [6.07, 6.45) is 3.56. The van der Waals surface area contributed by atoms with Crippen LogP contribution >= 0.6 is 11.3 Å². The van der Waals surface area contributed by atoms with Crippen molar-refractivity contribution in [1.82, 2.24) is 19.7 Å². The average molecular weight is 365 g/mol. The molecule has 7 heteroatoms. The largest absolute Gasteiger partial charge is 0.350 e. The summed E-state index contributed by atoms with van der Waals surface area (Å²) < 4.78 is 15.1. The van der Waals surface area contributed by atoms with Gasteiger partial charge in [-0.2, -0.15) is 16.4 Å². The zero-order chi connectivity index (χ0) is 17.9. The first-order valence-electron chi connectivity index (χ1n) is 8.07. The summed E-state index contributed by atoms with van der Waals surface area (Å²) in [5.41, 5.74) is 4.56. The summed E-state index contributed by atoms with van der Waals surface area (Å²) in [6.45, 7) is 0.445. The molecule has 0 unspecified atom stereocenters. The number of nitrogens with one attached hydrogen (secondary N) is 1. The van der Waals surface area contributed by atoms with Gasteiger partial charge in [-0.25, -0.2) is 14.4 Å². The zero-order valence-corrected chi connectivity index (χ0v) is 14.9. The Kier molecular flexibility index (Phi) is 4.45. The summed E-state index contributed by atoms with van der Waals surface area (Å²) in [4.78, 5) is 9.13. The molecule has 5 nitrogen and oxygen atoms in total. The number of aryl methyl sites for hydroxylation is 1. The maximum Gasteiger partial charge on any atom is 0.223 e. The Morgan fingerprint density at radius 2 is 2.15 bits per heavy atom. The maximum atomic E-state index is 13.3. The SMILES string of the molecule is Cn1nccc1-c1nc(NCc2cccc(F)c2)ncc1-c1ccsc1. The monoisotopic (exact) mass is 365 g/mol. The first-order valence-corrected chi connectivity index (χ1v) is 9.01. The number of rotatable bonds is 5. The van der Waals surface area contributed by atoms with Crippen molar-refractivity contribution < 1.29 is 4.39 Å². The fraction of sp³-hybridized carbons (Fsp3) is 0.105. The van der Waals surface area contributed by atoms with Crippen LogP contribution in [-0.2, 0) is 13.6 Å². The minimum Gasteiger partial charge on any atom is -0.350 e. The predicted molar refractivity (Wildman–Crippen MR) is 101 cm³/mol. The van der Waals surface area contributed by atoms with Gasteiger partial charge in [0.15, 0.2) is 0 Å². The van der Waals surface area contributed by atoms with Crippen molar-refractivity contribution in [3.05, 3.63) is 70.9 Å². The Hall–Kier alpha value is -3.06. The Labute approximate surface area is 154 Å². The molecular weight excluding hydrogens is 349 g/mol. The van der Waals surface area contributed by atoms with Crippen LogP contribution in [0.25, 0.3) is 22.5 Å². The molecule has 4 aromatic rings. The van der Waals surface area contributed by atoms with Gasteiger partial charge in [0.05, 0.1) is 5.69 Å². The molecule has 26 heavy (non-hydrogen) atoms. The van der Waals surface area contributed by atoms with E-state index in [2.05, 4.69) is 20.8 Å². The second-order valence-corrected chi connectivity index (χ2v) is 6.57. The van der Waals surface area contributed by atoms with Crippen LogP contribution in [0.3, 0.4) is 0 Å². The first kappa shape index (κ1) is 16.4. The highest BCUT2D eigenvalue weighted by Crippen LogP contribution is 2.31. The number of hydrogen-bond acceptors (Lipinski definition) is 5. The molecule has 130 valence electrons. The van der Waals surface area contributed by atoms with Gasteiger partial charge < -0.3 is 5.32 Å². The van der Waals surface area contributed by atoms with Crippen LogP contribution in [0.1, 0.15) is 5.56 Å². The summed E-state index contributed by atoms with van der Waals surface area (Å²) in [5, 5.41) is 11.5. The van der Waals surface area contributed by atoms with Gasteiger partial charge in [-0.1, -0.05) is 12.1 Å². The quantitative estimate of drug-likeness (QED) is 0.571. The van der Waals surface area contributed by atoms with Crippen molar-refractivity contribution >= 4 is 17.3 Å². The lowest BCUT2D eigenvalue weighted by molar-refractivity contribution is 0.626. The molecular formula is C19H16FN5S. The Balaban J connectivity index is 1.68. The molecule has 0 aliphatic rings. The van der Waals surface area contributed by atoms with Gasteiger partial charge in [0, 0.05) is 31.5 Å². The maximum absolute atomic E-state index is 13.3. The number of nitrogens with zero attached hydrogens (tertiary/aromatic N) is 4. The molecule has 0 saturated carbocycles. The lowest BCUT2D eigenvalue weighted by Crippen LogP contribution is -2.06. The van der Waals surface area contributed by atoms with Crippen molar-refractivity contribution in [3.8, 4) is 22.5 Å². The lowest BCUT2D eigenvalue weighted by atomic mass is 10.1. The van der Waals surface area contributed by atoms with Crippen molar-refractivity contribution in [2.75, 3.05) is 5.32 Å². The minimum atomic E-state index is -0.256. The summed E-state index contributed by atoms with van der Waals surface area (Å²) in [6, 6.07) is 10.4. The fourth-order valence-corrected chi connectivity index (χ4v) is 3.38. The summed E-state index contributed by atoms with van der Waals surface area (Å²) >= 11 is 1.63. The number of benzene rings is 1. The second kappa shape index (κ2) is 7.05. The molecule has 0 aliphatic heterocycles. The van der Waals surface area contributed by atoms with E-state index in [0.717, 1.165) is 28.1 Å². The summed E-state index contributed by atoms with van der Waals surface area (Å²) in [5.74, 6) is 0.234. The number of aromatic nitrogens is 4. The van der Waals surface area contributed by atoms with Gasteiger partial charge in [0.1, 0.15) is 11.5 Å². The Morgan fingerprint density at radius 3 is 2.88 bits per heavy atom. The van der Waals surface area contributed by atoms with Crippen LogP contribution in [0.5, 0.6) is 0 Å². The minimum absolute atomic E-state index is 0.256. The number of thiophene rings is 1. The molecule has 0 aliphatic carbocycles. The Bertz CT molecular complexity index is 1030. The highest BCUT2D eigenvalue weighted by atomic mass is 32.1. The zero-order valence-electron chi connectivity index (χ0n) is 14.1. The number of hydrogen-bond donors (Lipinski definition) is 1. The van der Waals surface area contributed by atoms with Crippen LogP contribution in [0.2, 0.25) is 0 Å². The average Bonchev–Trinajstić information content (AvgIpc) is 3.31. The van der Waals surface area contributed by atoms with Crippen LogP contribution < -0.4 is 5.32 Å². The molecule has 0 radical (unpaired) electrons. The van der Waals surface area contributed by atoms with E-state index in [1.54, 1.807) is 28.3 Å². The van der Waals surface area contributed by atoms with E-state index in [1.807, 2.05) is 36.8 Å². The van der Waals surface area contributed by atoms with Gasteiger partial charge in [-0.3, -0.25) is 4.68 Å². The molecule has 0 bridgehead atoms. The second-order valence-electron chi connectivity index (χ2n) is 5.79. The van der Waals surface area contributed by atoms with Gasteiger partial charge in [0.2, 0.25) is 5.95 Å². The molecule has 0 saturated heterocycles. The van der Waals surface area contributed by atoms with Crippen LogP contribution in [0.15, 0.2) is 59.6 Å². The van der Waals surface area contributed by atoms with Gasteiger partial charge in [-0.05, 0) is 46.2 Å². The highest BCUT2D eigenvalue weighted by molar-refractivity contribution is 7.08. The smallest absolute Gasteiger partial charge is 0.223 e. The number of anilines is 1. The molecule has 1 aromatic carbocycles. The molecule has 3 heterocycles. The van der Waals surface area contributed by atoms with Crippen molar-refractivity contribution in [1.29, 1.82) is 0 Å². The van der Waals surface area contributed by atoms with Crippen LogP contribution in [0.4, 0.5) is 10.3 Å². The van der Waals surface area contributed by atoms with Crippen molar-refractivity contribution in [2.24, 2.45) is 7.05 Å². The van der Waals surface area contributed by atoms with Gasteiger partial charge in [-0.15, -0.1) is 0 Å². The predicted octanol–water partition coefficient (Wildman–Crippen LogP) is 4.36. The molecule has 0 fully saturated rings. The Morgan fingerprint density at radius 1 is 1.23 bits per heavy atom. The normalized spacial score (nSPS) is 10.8. The van der Waals surface area contributed by atoms with E-state index in [-0.39, 0.29) is 5.82 Å². The van der Waals surface area contributed by atoms with Crippen molar-refractivity contribution in [2.45, 2.75) is 6.54 Å². The third-order valence-corrected chi connectivity index (χ3v) is 4.71. The van der Waals surface area contributed by atoms with Crippen LogP contribution in [0, 0.1) is 5.82 Å². The third-order valence-electron chi connectivity index (χ3n) is 4.02. The van der Waals surface area contributed by atoms with Gasteiger partial charge in [0.25, 0.3) is 0 Å². The lowest BCUT2D eigenvalue weighted by Gasteiger charge is -2.11. The number of halogens is 1. The van der Waals surface area contributed by atoms with Gasteiger partial charge >= 0.3 is 0 Å². The molecule has 4 rings (SSSR count). The van der Waals surface area contributed by atoms with E-state index in [9.17, 15) is 4.39 Å². The topological polar surface area (TPSA) is 55.6 Å². The fourth-order valence-electron chi connectivity index (χ4n) is 2.73.